The molecule has 3 nitrogen and oxygen atoms in total. The van der Waals surface area contributed by atoms with Crippen molar-refractivity contribution in [3.05, 3.63) is 35.6 Å². The third-order valence-corrected chi connectivity index (χ3v) is 3.27. The quantitative estimate of drug-likeness (QED) is 0.830. The first-order valence-electron chi connectivity index (χ1n) is 5.90. The maximum absolute atomic E-state index is 13.3. The lowest BCUT2D eigenvalue weighted by atomic mass is 9.97. The molecule has 2 atom stereocenters. The van der Waals surface area contributed by atoms with E-state index in [1.807, 2.05) is 6.92 Å². The van der Waals surface area contributed by atoms with Crippen molar-refractivity contribution in [2.75, 3.05) is 13.1 Å². The lowest BCUT2D eigenvalue weighted by Crippen LogP contribution is -2.34. The van der Waals surface area contributed by atoms with Gasteiger partial charge in [-0.1, -0.05) is 25.1 Å². The molecule has 1 fully saturated rings. The maximum atomic E-state index is 13.3. The number of nitrogens with one attached hydrogen (secondary N) is 2. The van der Waals surface area contributed by atoms with Crippen LogP contribution >= 0.6 is 0 Å². The van der Waals surface area contributed by atoms with Crippen LogP contribution in [0, 0.1) is 17.7 Å². The van der Waals surface area contributed by atoms with Gasteiger partial charge in [0.25, 0.3) is 0 Å². The highest BCUT2D eigenvalue weighted by molar-refractivity contribution is 5.79. The molecular formula is C13H17FN2O. The highest BCUT2D eigenvalue weighted by Crippen LogP contribution is 2.16. The Balaban J connectivity index is 1.90. The summed E-state index contributed by atoms with van der Waals surface area (Å²) in [6.45, 7) is 3.89. The summed E-state index contributed by atoms with van der Waals surface area (Å²) in [5, 5.41) is 5.97. The van der Waals surface area contributed by atoms with Gasteiger partial charge in [0.2, 0.25) is 5.91 Å². The highest BCUT2D eigenvalue weighted by atomic mass is 19.1. The molecule has 0 radical (unpaired) electrons. The summed E-state index contributed by atoms with van der Waals surface area (Å²) >= 11 is 0. The van der Waals surface area contributed by atoms with Gasteiger partial charge >= 0.3 is 0 Å². The summed E-state index contributed by atoms with van der Waals surface area (Å²) < 4.78 is 13.3. The molecule has 0 bridgehead atoms. The number of rotatable bonds is 3. The molecule has 1 saturated heterocycles. The Morgan fingerprint density at radius 2 is 2.24 bits per heavy atom. The molecule has 92 valence electrons. The van der Waals surface area contributed by atoms with E-state index in [0.717, 1.165) is 6.54 Å². The molecule has 1 aliphatic heterocycles. The van der Waals surface area contributed by atoms with Crippen molar-refractivity contribution in [3.63, 3.8) is 0 Å². The van der Waals surface area contributed by atoms with Gasteiger partial charge in [-0.15, -0.1) is 0 Å². The van der Waals surface area contributed by atoms with Crippen molar-refractivity contribution in [1.29, 1.82) is 0 Å². The number of hydrogen-bond acceptors (Lipinski definition) is 2. The number of carbonyl (C=O) groups is 1. The van der Waals surface area contributed by atoms with Crippen LogP contribution in [0.2, 0.25) is 0 Å². The van der Waals surface area contributed by atoms with Crippen LogP contribution in [0.1, 0.15) is 12.5 Å². The summed E-state index contributed by atoms with van der Waals surface area (Å²) in [6.07, 6.45) is 0. The van der Waals surface area contributed by atoms with E-state index < -0.39 is 0 Å². The zero-order valence-electron chi connectivity index (χ0n) is 9.87. The van der Waals surface area contributed by atoms with Gasteiger partial charge < -0.3 is 10.6 Å². The molecule has 2 N–H and O–H groups in total. The minimum Gasteiger partial charge on any atom is -0.352 e. The van der Waals surface area contributed by atoms with Crippen molar-refractivity contribution in [2.24, 2.45) is 11.8 Å². The molecule has 2 rings (SSSR count). The normalized spacial score (nSPS) is 23.6. The first kappa shape index (κ1) is 12.0. The van der Waals surface area contributed by atoms with E-state index in [9.17, 15) is 9.18 Å². The second kappa shape index (κ2) is 5.27. The van der Waals surface area contributed by atoms with Crippen molar-refractivity contribution in [3.8, 4) is 0 Å². The molecule has 1 heterocycles. The minimum atomic E-state index is -0.273. The number of benzene rings is 1. The summed E-state index contributed by atoms with van der Waals surface area (Å²) in [5.74, 6) is 0.0774. The molecule has 17 heavy (non-hydrogen) atoms. The Labute approximate surface area is 100 Å². The third kappa shape index (κ3) is 2.82. The molecule has 0 aromatic heterocycles. The molecule has 4 heteroatoms. The first-order chi connectivity index (χ1) is 8.18. The lowest BCUT2D eigenvalue weighted by Gasteiger charge is -2.14. The molecule has 1 aromatic carbocycles. The van der Waals surface area contributed by atoms with Crippen molar-refractivity contribution >= 4 is 5.91 Å². The van der Waals surface area contributed by atoms with Crippen LogP contribution in [0.25, 0.3) is 0 Å². The predicted octanol–water partition coefficient (Wildman–Crippen LogP) is 1.30. The smallest absolute Gasteiger partial charge is 0.224 e. The monoisotopic (exact) mass is 236 g/mol. The van der Waals surface area contributed by atoms with Crippen LogP contribution in [0.15, 0.2) is 24.3 Å². The first-order valence-corrected chi connectivity index (χ1v) is 5.90. The Hall–Kier alpha value is -1.42. The third-order valence-electron chi connectivity index (χ3n) is 3.27. The van der Waals surface area contributed by atoms with E-state index in [0.29, 0.717) is 18.0 Å². The molecular weight excluding hydrogens is 219 g/mol. The fourth-order valence-corrected chi connectivity index (χ4v) is 2.12. The van der Waals surface area contributed by atoms with Gasteiger partial charge in [0, 0.05) is 18.7 Å². The van der Waals surface area contributed by atoms with E-state index in [1.54, 1.807) is 18.2 Å². The standard InChI is InChI=1S/C13H17FN2O/c1-9-6-15-8-11(9)13(17)16-7-10-4-2-3-5-12(10)14/h2-5,9,11,15H,6-8H2,1H3,(H,16,17)/t9-,11-/m1/s1. The highest BCUT2D eigenvalue weighted by Gasteiger charge is 2.29. The minimum absolute atomic E-state index is 0.00164. The largest absolute Gasteiger partial charge is 0.352 e. The molecule has 0 spiro atoms. The van der Waals surface area contributed by atoms with Crippen LogP contribution in [0.5, 0.6) is 0 Å². The van der Waals surface area contributed by atoms with E-state index in [-0.39, 0.29) is 24.2 Å². The second-order valence-electron chi connectivity index (χ2n) is 4.55. The summed E-state index contributed by atoms with van der Waals surface area (Å²) in [5.41, 5.74) is 0.527. The molecule has 1 aromatic rings. The predicted molar refractivity (Wildman–Crippen MR) is 63.8 cm³/mol. The molecule has 1 aliphatic rings. The zero-order valence-corrected chi connectivity index (χ0v) is 9.87. The van der Waals surface area contributed by atoms with Crippen molar-refractivity contribution in [2.45, 2.75) is 13.5 Å². The van der Waals surface area contributed by atoms with Crippen LogP contribution in [0.4, 0.5) is 4.39 Å². The Morgan fingerprint density at radius 3 is 2.88 bits per heavy atom. The maximum Gasteiger partial charge on any atom is 0.224 e. The fourth-order valence-electron chi connectivity index (χ4n) is 2.12. The number of hydrogen-bond donors (Lipinski definition) is 2. The van der Waals surface area contributed by atoms with Crippen LogP contribution in [0.3, 0.4) is 0 Å². The summed E-state index contributed by atoms with van der Waals surface area (Å²) in [7, 11) is 0. The number of halogens is 1. The van der Waals surface area contributed by atoms with Gasteiger partial charge in [-0.2, -0.15) is 0 Å². The second-order valence-corrected chi connectivity index (χ2v) is 4.55. The van der Waals surface area contributed by atoms with Gasteiger partial charge in [-0.3, -0.25) is 4.79 Å². The van der Waals surface area contributed by atoms with E-state index >= 15 is 0 Å². The molecule has 0 aliphatic carbocycles. The average Bonchev–Trinajstić information content (AvgIpc) is 2.74. The van der Waals surface area contributed by atoms with Gasteiger partial charge in [-0.25, -0.2) is 4.39 Å². The molecule has 0 saturated carbocycles. The lowest BCUT2D eigenvalue weighted by molar-refractivity contribution is -0.125. The van der Waals surface area contributed by atoms with E-state index in [2.05, 4.69) is 10.6 Å². The van der Waals surface area contributed by atoms with Gasteiger partial charge in [0.1, 0.15) is 5.82 Å². The fraction of sp³-hybridized carbons (Fsp3) is 0.462. The SMILES string of the molecule is C[C@@H]1CNC[C@H]1C(=O)NCc1ccccc1F. The van der Waals surface area contributed by atoms with E-state index in [1.165, 1.54) is 6.07 Å². The molecule has 1 amide bonds. The van der Waals surface area contributed by atoms with Gasteiger partial charge in [0.05, 0.1) is 5.92 Å². The molecule has 0 unspecified atom stereocenters. The average molecular weight is 236 g/mol. The van der Waals surface area contributed by atoms with Crippen LogP contribution < -0.4 is 10.6 Å². The Morgan fingerprint density at radius 1 is 1.47 bits per heavy atom. The van der Waals surface area contributed by atoms with E-state index in [4.69, 9.17) is 0 Å². The van der Waals surface area contributed by atoms with Crippen molar-refractivity contribution in [1.82, 2.24) is 10.6 Å². The summed E-state index contributed by atoms with van der Waals surface area (Å²) in [4.78, 5) is 11.9. The van der Waals surface area contributed by atoms with Crippen molar-refractivity contribution < 1.29 is 9.18 Å². The Kier molecular flexibility index (Phi) is 3.74. The zero-order chi connectivity index (χ0) is 12.3. The Bertz CT molecular complexity index is 408. The van der Waals surface area contributed by atoms with Gasteiger partial charge in [-0.05, 0) is 18.5 Å². The number of carbonyl (C=O) groups excluding carboxylic acids is 1. The van der Waals surface area contributed by atoms with Crippen LogP contribution in [-0.2, 0) is 11.3 Å². The summed E-state index contributed by atoms with van der Waals surface area (Å²) in [6, 6.07) is 6.50. The number of amides is 1. The van der Waals surface area contributed by atoms with Gasteiger partial charge in [0.15, 0.2) is 0 Å². The topological polar surface area (TPSA) is 41.1 Å². The van der Waals surface area contributed by atoms with Crippen LogP contribution in [-0.4, -0.2) is 19.0 Å².